The first-order valence-electron chi connectivity index (χ1n) is 7.37. The molecule has 0 fully saturated rings. The molecule has 3 aromatic rings. The van der Waals surface area contributed by atoms with Gasteiger partial charge in [0.05, 0.1) is 24.5 Å². The first kappa shape index (κ1) is 15.6. The van der Waals surface area contributed by atoms with E-state index in [-0.39, 0.29) is 5.56 Å². The largest absolute Gasteiger partial charge is 0.274 e. The number of benzene rings is 2. The van der Waals surface area contributed by atoms with Crippen molar-refractivity contribution >= 4 is 12.1 Å². The number of nitrogens with one attached hydrogen (secondary N) is 1. The number of halogens is 1. The molecule has 1 N–H and O–H groups in total. The first-order chi connectivity index (χ1) is 11.7. The monoisotopic (exact) mass is 322 g/mol. The summed E-state index contributed by atoms with van der Waals surface area (Å²) in [6.45, 7) is 0.649. The maximum Gasteiger partial charge on any atom is 0.274 e. The van der Waals surface area contributed by atoms with Crippen LogP contribution in [0.15, 0.2) is 72.1 Å². The van der Waals surface area contributed by atoms with E-state index in [4.69, 9.17) is 0 Å². The summed E-state index contributed by atoms with van der Waals surface area (Å²) in [5.41, 5.74) is 4.13. The van der Waals surface area contributed by atoms with E-state index in [1.165, 1.54) is 24.4 Å². The minimum absolute atomic E-state index is 0.0468. The van der Waals surface area contributed by atoms with Crippen LogP contribution in [0.1, 0.15) is 21.5 Å². The van der Waals surface area contributed by atoms with Gasteiger partial charge in [0.2, 0.25) is 0 Å². The summed E-state index contributed by atoms with van der Waals surface area (Å²) in [4.78, 5) is 11.8. The molecule has 0 radical (unpaired) electrons. The second-order valence-corrected chi connectivity index (χ2v) is 5.14. The van der Waals surface area contributed by atoms with Crippen LogP contribution in [0, 0.1) is 5.82 Å². The molecule has 0 spiro atoms. The summed E-state index contributed by atoms with van der Waals surface area (Å²) in [5, 5.41) is 8.07. The van der Waals surface area contributed by atoms with Gasteiger partial charge in [-0.2, -0.15) is 10.2 Å². The van der Waals surface area contributed by atoms with Crippen LogP contribution >= 0.6 is 0 Å². The molecule has 0 bridgehead atoms. The minimum atomic E-state index is -0.596. The quantitative estimate of drug-likeness (QED) is 0.580. The normalized spacial score (nSPS) is 10.9. The van der Waals surface area contributed by atoms with E-state index in [9.17, 15) is 9.18 Å². The minimum Gasteiger partial charge on any atom is -0.268 e. The third kappa shape index (κ3) is 3.92. The van der Waals surface area contributed by atoms with Crippen LogP contribution in [0.25, 0.3) is 0 Å². The third-order valence-corrected chi connectivity index (χ3v) is 3.34. The Balaban J connectivity index is 1.59. The lowest BCUT2D eigenvalue weighted by Gasteiger charge is -2.00. The van der Waals surface area contributed by atoms with Crippen molar-refractivity contribution in [1.29, 1.82) is 0 Å². The molecular formula is C18H15FN4O. The van der Waals surface area contributed by atoms with Crippen molar-refractivity contribution in [2.24, 2.45) is 5.10 Å². The van der Waals surface area contributed by atoms with Gasteiger partial charge in [-0.15, -0.1) is 0 Å². The number of carbonyl (C=O) groups excluding carboxylic acids is 1. The molecule has 24 heavy (non-hydrogen) atoms. The van der Waals surface area contributed by atoms with Gasteiger partial charge in [-0.1, -0.05) is 42.5 Å². The predicted molar refractivity (Wildman–Crippen MR) is 89.2 cm³/mol. The van der Waals surface area contributed by atoms with Gasteiger partial charge >= 0.3 is 0 Å². The van der Waals surface area contributed by atoms with Crippen LogP contribution in [0.2, 0.25) is 0 Å². The second-order valence-electron chi connectivity index (χ2n) is 5.14. The molecule has 1 amide bonds. The van der Waals surface area contributed by atoms with E-state index in [1.54, 1.807) is 16.9 Å². The Bertz CT molecular complexity index is 858. The number of hydrogen-bond donors (Lipinski definition) is 1. The third-order valence-electron chi connectivity index (χ3n) is 3.34. The van der Waals surface area contributed by atoms with Crippen LogP contribution in [0.5, 0.6) is 0 Å². The Labute approximate surface area is 138 Å². The first-order valence-corrected chi connectivity index (χ1v) is 7.37. The Morgan fingerprint density at radius 3 is 2.71 bits per heavy atom. The van der Waals surface area contributed by atoms with Gasteiger partial charge < -0.3 is 0 Å². The van der Waals surface area contributed by atoms with Crippen LogP contribution in [0.4, 0.5) is 4.39 Å². The summed E-state index contributed by atoms with van der Waals surface area (Å²) < 4.78 is 15.2. The van der Waals surface area contributed by atoms with E-state index >= 15 is 0 Å². The van der Waals surface area contributed by atoms with Gasteiger partial charge in [0, 0.05) is 11.8 Å². The highest BCUT2D eigenvalue weighted by molar-refractivity contribution is 5.95. The molecule has 3 rings (SSSR count). The Hall–Kier alpha value is -3.28. The van der Waals surface area contributed by atoms with Gasteiger partial charge in [0.15, 0.2) is 0 Å². The Morgan fingerprint density at radius 1 is 1.17 bits per heavy atom. The smallest absolute Gasteiger partial charge is 0.268 e. The summed E-state index contributed by atoms with van der Waals surface area (Å²) >= 11 is 0. The number of rotatable bonds is 5. The molecule has 0 aliphatic carbocycles. The van der Waals surface area contributed by atoms with Gasteiger partial charge in [0.25, 0.3) is 5.91 Å². The Morgan fingerprint density at radius 2 is 1.92 bits per heavy atom. The zero-order chi connectivity index (χ0) is 16.8. The maximum atomic E-state index is 13.5. The van der Waals surface area contributed by atoms with E-state index in [2.05, 4.69) is 15.6 Å². The van der Waals surface area contributed by atoms with E-state index in [1.807, 2.05) is 36.5 Å². The fraction of sp³-hybridized carbons (Fsp3) is 0.0556. The summed E-state index contributed by atoms with van der Waals surface area (Å²) in [5.74, 6) is -1.18. The molecule has 0 aliphatic rings. The number of hydrogen-bond acceptors (Lipinski definition) is 3. The van der Waals surface area contributed by atoms with Crippen molar-refractivity contribution in [3.05, 3.63) is 89.5 Å². The summed E-state index contributed by atoms with van der Waals surface area (Å²) in [6, 6.07) is 15.7. The molecule has 2 aromatic carbocycles. The molecule has 0 aliphatic heterocycles. The number of amides is 1. The van der Waals surface area contributed by atoms with Crippen molar-refractivity contribution in [3.8, 4) is 0 Å². The molecule has 1 aromatic heterocycles. The number of nitrogens with zero attached hydrogens (tertiary/aromatic N) is 3. The molecule has 5 nitrogen and oxygen atoms in total. The van der Waals surface area contributed by atoms with Crippen LogP contribution in [-0.4, -0.2) is 21.9 Å². The topological polar surface area (TPSA) is 59.3 Å². The maximum absolute atomic E-state index is 13.5. The van der Waals surface area contributed by atoms with Crippen LogP contribution < -0.4 is 5.43 Å². The van der Waals surface area contributed by atoms with Crippen LogP contribution in [0.3, 0.4) is 0 Å². The average molecular weight is 322 g/mol. The van der Waals surface area contributed by atoms with Crippen LogP contribution in [-0.2, 0) is 6.54 Å². The molecule has 6 heteroatoms. The highest BCUT2D eigenvalue weighted by Crippen LogP contribution is 2.06. The average Bonchev–Trinajstić information content (AvgIpc) is 3.03. The number of carbonyl (C=O) groups is 1. The van der Waals surface area contributed by atoms with E-state index in [0.29, 0.717) is 6.54 Å². The standard InChI is InChI=1S/C18H15FN4O/c19-17-9-5-4-8-16(17)18(24)22-20-10-15-11-21-23(13-15)12-14-6-2-1-3-7-14/h1-11,13H,12H2,(H,22,24)/b20-10-. The highest BCUT2D eigenvalue weighted by atomic mass is 19.1. The molecule has 1 heterocycles. The number of aromatic nitrogens is 2. The summed E-state index contributed by atoms with van der Waals surface area (Å²) in [6.07, 6.45) is 4.92. The van der Waals surface area contributed by atoms with Crippen molar-refractivity contribution in [1.82, 2.24) is 15.2 Å². The zero-order valence-corrected chi connectivity index (χ0v) is 12.8. The van der Waals surface area contributed by atoms with Gasteiger partial charge in [0.1, 0.15) is 5.82 Å². The van der Waals surface area contributed by atoms with E-state index < -0.39 is 11.7 Å². The number of hydrazone groups is 1. The molecule has 0 atom stereocenters. The fourth-order valence-electron chi connectivity index (χ4n) is 2.17. The van der Waals surface area contributed by atoms with Gasteiger partial charge in [-0.3, -0.25) is 9.48 Å². The second kappa shape index (κ2) is 7.32. The van der Waals surface area contributed by atoms with Crippen molar-refractivity contribution in [3.63, 3.8) is 0 Å². The van der Waals surface area contributed by atoms with Gasteiger partial charge in [-0.05, 0) is 17.7 Å². The molecular weight excluding hydrogens is 307 g/mol. The van der Waals surface area contributed by atoms with E-state index in [0.717, 1.165) is 11.1 Å². The molecule has 120 valence electrons. The SMILES string of the molecule is O=C(N/N=C\c1cnn(Cc2ccccc2)c1)c1ccccc1F. The molecule has 0 saturated heterocycles. The molecule has 0 saturated carbocycles. The van der Waals surface area contributed by atoms with Crippen molar-refractivity contribution < 1.29 is 9.18 Å². The van der Waals surface area contributed by atoms with Gasteiger partial charge in [-0.25, -0.2) is 9.82 Å². The fourth-order valence-corrected chi connectivity index (χ4v) is 2.17. The lowest BCUT2D eigenvalue weighted by atomic mass is 10.2. The highest BCUT2D eigenvalue weighted by Gasteiger charge is 2.09. The lowest BCUT2D eigenvalue weighted by Crippen LogP contribution is -2.18. The van der Waals surface area contributed by atoms with Crippen molar-refractivity contribution in [2.75, 3.05) is 0 Å². The Kier molecular flexibility index (Phi) is 4.76. The molecule has 0 unspecified atom stereocenters. The van der Waals surface area contributed by atoms with Crippen molar-refractivity contribution in [2.45, 2.75) is 6.54 Å². The lowest BCUT2D eigenvalue weighted by molar-refractivity contribution is 0.0951. The predicted octanol–water partition coefficient (Wildman–Crippen LogP) is 2.83. The zero-order valence-electron chi connectivity index (χ0n) is 12.8. The summed E-state index contributed by atoms with van der Waals surface area (Å²) in [7, 11) is 0.